The first kappa shape index (κ1) is 21.8. The van der Waals surface area contributed by atoms with Gasteiger partial charge in [-0.25, -0.2) is 4.79 Å². The van der Waals surface area contributed by atoms with Gasteiger partial charge in [0.05, 0.1) is 6.54 Å². The number of carbonyl (C=O) groups excluding carboxylic acids is 2. The van der Waals surface area contributed by atoms with E-state index in [0.29, 0.717) is 31.1 Å². The number of amides is 3. The van der Waals surface area contributed by atoms with Crippen LogP contribution in [0.4, 0.5) is 10.5 Å². The number of anilines is 1. The fourth-order valence-corrected chi connectivity index (χ4v) is 6.42. The molecule has 3 N–H and O–H groups in total. The van der Waals surface area contributed by atoms with E-state index in [4.69, 9.17) is 4.74 Å². The second-order valence-electron chi connectivity index (χ2n) is 10.0. The second kappa shape index (κ2) is 9.45. The monoisotopic (exact) mass is 451 g/mol. The van der Waals surface area contributed by atoms with E-state index < -0.39 is 0 Å². The molecule has 0 unspecified atom stereocenters. The lowest BCUT2D eigenvalue weighted by Gasteiger charge is -2.56. The van der Waals surface area contributed by atoms with Crippen LogP contribution in [0, 0.1) is 17.8 Å². The maximum atomic E-state index is 12.5. The summed E-state index contributed by atoms with van der Waals surface area (Å²) >= 11 is 0. The van der Waals surface area contributed by atoms with Crippen molar-refractivity contribution in [3.05, 3.63) is 42.7 Å². The quantitative estimate of drug-likeness (QED) is 0.543. The van der Waals surface area contributed by atoms with Crippen LogP contribution in [-0.2, 0) is 11.3 Å². The van der Waals surface area contributed by atoms with Crippen LogP contribution in [0.2, 0.25) is 0 Å². The third kappa shape index (κ3) is 5.49. The third-order valence-corrected chi connectivity index (χ3v) is 7.32. The predicted molar refractivity (Wildman–Crippen MR) is 125 cm³/mol. The van der Waals surface area contributed by atoms with Crippen LogP contribution >= 0.6 is 0 Å². The van der Waals surface area contributed by atoms with Crippen molar-refractivity contribution >= 4 is 17.6 Å². The van der Waals surface area contributed by atoms with E-state index in [0.717, 1.165) is 37.0 Å². The Morgan fingerprint density at radius 3 is 2.55 bits per heavy atom. The van der Waals surface area contributed by atoms with Crippen molar-refractivity contribution in [2.75, 3.05) is 18.5 Å². The van der Waals surface area contributed by atoms with Crippen molar-refractivity contribution in [3.8, 4) is 5.75 Å². The molecule has 3 amide bonds. The van der Waals surface area contributed by atoms with Gasteiger partial charge in [-0.15, -0.1) is 0 Å². The summed E-state index contributed by atoms with van der Waals surface area (Å²) in [6.07, 6.45) is 11.2. The zero-order valence-electron chi connectivity index (χ0n) is 19.0. The minimum Gasteiger partial charge on any atom is -0.492 e. The minimum absolute atomic E-state index is 0.0149. The molecular formula is C25H33N5O3. The Labute approximate surface area is 194 Å². The van der Waals surface area contributed by atoms with Crippen molar-refractivity contribution in [2.45, 2.75) is 57.0 Å². The number of rotatable bonds is 9. The SMILES string of the molecule is O=C(CCNC(=O)NC12CC3CC(CC(C3)C1)C2)Nc1cccc(OCCn2cccn2)c1. The summed E-state index contributed by atoms with van der Waals surface area (Å²) in [6.45, 7) is 1.45. The van der Waals surface area contributed by atoms with E-state index in [1.807, 2.05) is 30.5 Å². The van der Waals surface area contributed by atoms with Gasteiger partial charge in [0.25, 0.3) is 0 Å². The standard InChI is InChI=1S/C25H33N5O3/c31-23(28-21-3-1-4-22(14-21)33-10-9-30-8-2-6-27-30)5-7-26-24(32)29-25-15-18-11-19(16-25)13-20(12-18)17-25/h1-4,6,8,14,18-20H,5,7,9-13,15-17H2,(H,28,31)(H2,26,29,32). The van der Waals surface area contributed by atoms with Gasteiger partial charge in [0.2, 0.25) is 5.91 Å². The van der Waals surface area contributed by atoms with Crippen molar-refractivity contribution in [3.63, 3.8) is 0 Å². The van der Waals surface area contributed by atoms with Gasteiger partial charge in [0.15, 0.2) is 0 Å². The highest BCUT2D eigenvalue weighted by Gasteiger charge is 2.51. The van der Waals surface area contributed by atoms with Crippen LogP contribution in [0.5, 0.6) is 5.75 Å². The van der Waals surface area contributed by atoms with Crippen LogP contribution in [0.1, 0.15) is 44.9 Å². The molecule has 8 nitrogen and oxygen atoms in total. The van der Waals surface area contributed by atoms with Crippen LogP contribution in [0.25, 0.3) is 0 Å². The molecule has 176 valence electrons. The molecule has 0 radical (unpaired) electrons. The molecule has 0 atom stereocenters. The van der Waals surface area contributed by atoms with Crippen LogP contribution in [0.15, 0.2) is 42.7 Å². The summed E-state index contributed by atoms with van der Waals surface area (Å²) in [5.74, 6) is 2.90. The van der Waals surface area contributed by atoms with Crippen molar-refractivity contribution in [1.82, 2.24) is 20.4 Å². The van der Waals surface area contributed by atoms with Gasteiger partial charge in [-0.1, -0.05) is 6.07 Å². The molecule has 4 aliphatic carbocycles. The zero-order chi connectivity index (χ0) is 22.7. The van der Waals surface area contributed by atoms with E-state index in [1.165, 1.54) is 19.3 Å². The first-order valence-electron chi connectivity index (χ1n) is 12.1. The lowest BCUT2D eigenvalue weighted by Crippen LogP contribution is -2.61. The number of nitrogens with zero attached hydrogens (tertiary/aromatic N) is 2. The maximum absolute atomic E-state index is 12.5. The van der Waals surface area contributed by atoms with Crippen molar-refractivity contribution in [1.29, 1.82) is 0 Å². The average Bonchev–Trinajstić information content (AvgIpc) is 3.26. The van der Waals surface area contributed by atoms with Crippen molar-refractivity contribution < 1.29 is 14.3 Å². The number of ether oxygens (including phenoxy) is 1. The minimum atomic E-state index is -0.141. The molecular weight excluding hydrogens is 418 g/mol. The molecule has 4 saturated carbocycles. The molecule has 0 saturated heterocycles. The van der Waals surface area contributed by atoms with Crippen LogP contribution < -0.4 is 20.7 Å². The molecule has 4 aliphatic rings. The highest BCUT2D eigenvalue weighted by atomic mass is 16.5. The Kier molecular flexibility index (Phi) is 6.24. The Bertz CT molecular complexity index is 939. The van der Waals surface area contributed by atoms with Crippen molar-refractivity contribution in [2.24, 2.45) is 17.8 Å². The van der Waals surface area contributed by atoms with Gasteiger partial charge in [-0.3, -0.25) is 9.48 Å². The highest BCUT2D eigenvalue weighted by molar-refractivity contribution is 5.91. The first-order valence-corrected chi connectivity index (χ1v) is 12.1. The molecule has 1 aromatic heterocycles. The van der Waals surface area contributed by atoms with Gasteiger partial charge in [-0.2, -0.15) is 5.10 Å². The smallest absolute Gasteiger partial charge is 0.315 e. The number of nitrogens with one attached hydrogen (secondary N) is 3. The molecule has 4 bridgehead atoms. The summed E-state index contributed by atoms with van der Waals surface area (Å²) in [7, 11) is 0. The summed E-state index contributed by atoms with van der Waals surface area (Å²) in [6, 6.07) is 9.06. The maximum Gasteiger partial charge on any atom is 0.315 e. The fourth-order valence-electron chi connectivity index (χ4n) is 6.42. The predicted octanol–water partition coefficient (Wildman–Crippen LogP) is 3.56. The molecule has 2 aromatic rings. The highest BCUT2D eigenvalue weighted by Crippen LogP contribution is 2.55. The van der Waals surface area contributed by atoms with Crippen LogP contribution in [0.3, 0.4) is 0 Å². The topological polar surface area (TPSA) is 97.3 Å². The number of urea groups is 1. The van der Waals surface area contributed by atoms with Gasteiger partial charge in [-0.05, 0) is 74.5 Å². The third-order valence-electron chi connectivity index (χ3n) is 7.32. The molecule has 6 rings (SSSR count). The summed E-state index contributed by atoms with van der Waals surface area (Å²) in [5.41, 5.74) is 0.661. The molecule has 1 aromatic carbocycles. The number of carbonyl (C=O) groups is 2. The Hall–Kier alpha value is -3.03. The zero-order valence-corrected chi connectivity index (χ0v) is 19.0. The molecule has 0 aliphatic heterocycles. The number of hydrogen-bond donors (Lipinski definition) is 3. The molecule has 4 fully saturated rings. The average molecular weight is 452 g/mol. The number of benzene rings is 1. The molecule has 33 heavy (non-hydrogen) atoms. The lowest BCUT2D eigenvalue weighted by molar-refractivity contribution is -0.116. The van der Waals surface area contributed by atoms with Gasteiger partial charge < -0.3 is 20.7 Å². The largest absolute Gasteiger partial charge is 0.492 e. The lowest BCUT2D eigenvalue weighted by atomic mass is 9.53. The second-order valence-corrected chi connectivity index (χ2v) is 10.0. The fraction of sp³-hybridized carbons (Fsp3) is 0.560. The summed E-state index contributed by atoms with van der Waals surface area (Å²) < 4.78 is 7.56. The van der Waals surface area contributed by atoms with E-state index >= 15 is 0 Å². The van der Waals surface area contributed by atoms with E-state index in [2.05, 4.69) is 21.0 Å². The molecule has 8 heteroatoms. The Morgan fingerprint density at radius 2 is 1.85 bits per heavy atom. The van der Waals surface area contributed by atoms with Gasteiger partial charge >= 0.3 is 6.03 Å². The normalized spacial score (nSPS) is 27.2. The van der Waals surface area contributed by atoms with Gasteiger partial charge in [0, 0.05) is 42.7 Å². The van der Waals surface area contributed by atoms with Crippen LogP contribution in [-0.4, -0.2) is 40.4 Å². The number of hydrogen-bond acceptors (Lipinski definition) is 4. The molecule has 1 heterocycles. The Balaban J connectivity index is 1.02. The summed E-state index contributed by atoms with van der Waals surface area (Å²) in [5, 5.41) is 13.2. The number of aromatic nitrogens is 2. The van der Waals surface area contributed by atoms with E-state index in [1.54, 1.807) is 16.9 Å². The van der Waals surface area contributed by atoms with Gasteiger partial charge in [0.1, 0.15) is 12.4 Å². The first-order chi connectivity index (χ1) is 16.1. The van der Waals surface area contributed by atoms with E-state index in [9.17, 15) is 9.59 Å². The van der Waals surface area contributed by atoms with E-state index in [-0.39, 0.29) is 23.9 Å². The molecule has 0 spiro atoms. The summed E-state index contributed by atoms with van der Waals surface area (Å²) in [4.78, 5) is 24.9. The Morgan fingerprint density at radius 1 is 1.09 bits per heavy atom.